The summed E-state index contributed by atoms with van der Waals surface area (Å²) in [5.74, 6) is 0.822. The van der Waals surface area contributed by atoms with E-state index in [1.807, 2.05) is 6.26 Å². The first-order valence-corrected chi connectivity index (χ1v) is 7.09. The molecule has 6 heteroatoms. The number of fused-ring (bicyclic) bond motifs is 1. The highest BCUT2D eigenvalue weighted by Gasteiger charge is 2.26. The van der Waals surface area contributed by atoms with E-state index < -0.39 is 4.92 Å². The molecule has 0 aliphatic carbocycles. The van der Waals surface area contributed by atoms with Gasteiger partial charge in [-0.25, -0.2) is 0 Å². The maximum atomic E-state index is 12.0. The van der Waals surface area contributed by atoms with Gasteiger partial charge in [-0.3, -0.25) is 14.9 Å². The second-order valence-corrected chi connectivity index (χ2v) is 5.09. The van der Waals surface area contributed by atoms with Crippen LogP contribution in [0, 0.1) is 10.1 Å². The Labute approximate surface area is 109 Å². The van der Waals surface area contributed by atoms with Gasteiger partial charge in [0.15, 0.2) is 0 Å². The molecule has 0 saturated carbocycles. The van der Waals surface area contributed by atoms with E-state index in [2.05, 4.69) is 0 Å². The van der Waals surface area contributed by atoms with Crippen LogP contribution in [0.15, 0.2) is 18.2 Å². The van der Waals surface area contributed by atoms with Crippen molar-refractivity contribution in [2.24, 2.45) is 0 Å². The van der Waals surface area contributed by atoms with E-state index in [9.17, 15) is 14.9 Å². The van der Waals surface area contributed by atoms with E-state index >= 15 is 0 Å². The number of carbonyl (C=O) groups excluding carboxylic acids is 1. The van der Waals surface area contributed by atoms with Crippen molar-refractivity contribution in [1.82, 2.24) is 0 Å². The largest absolute Gasteiger partial charge is 0.312 e. The number of anilines is 1. The van der Waals surface area contributed by atoms with Crippen molar-refractivity contribution < 1.29 is 9.72 Å². The number of hydrogen-bond acceptors (Lipinski definition) is 4. The molecule has 0 saturated heterocycles. The molecule has 0 radical (unpaired) electrons. The third-order valence-electron chi connectivity index (χ3n) is 3.00. The fourth-order valence-electron chi connectivity index (χ4n) is 2.06. The second kappa shape index (κ2) is 5.39. The minimum atomic E-state index is -0.427. The second-order valence-electron chi connectivity index (χ2n) is 4.11. The lowest BCUT2D eigenvalue weighted by Crippen LogP contribution is -2.29. The van der Waals surface area contributed by atoms with Crippen molar-refractivity contribution in [1.29, 1.82) is 0 Å². The average Bonchev–Trinajstić information content (AvgIpc) is 2.78. The predicted octanol–water partition coefficient (Wildman–Crippen LogP) is 2.24. The number of hydrogen-bond donors (Lipinski definition) is 0. The maximum Gasteiger partial charge on any atom is 0.271 e. The molecule has 1 aromatic rings. The quantitative estimate of drug-likeness (QED) is 0.619. The number of nitro benzene ring substituents is 1. The summed E-state index contributed by atoms with van der Waals surface area (Å²) in [6, 6.07) is 4.74. The highest BCUT2D eigenvalue weighted by atomic mass is 32.2. The Bertz CT molecular complexity index is 490. The Morgan fingerprint density at radius 3 is 3.00 bits per heavy atom. The first-order chi connectivity index (χ1) is 8.63. The smallest absolute Gasteiger partial charge is 0.271 e. The zero-order valence-corrected chi connectivity index (χ0v) is 10.9. The lowest BCUT2D eigenvalue weighted by Gasteiger charge is -2.16. The number of rotatable bonds is 4. The summed E-state index contributed by atoms with van der Waals surface area (Å²) < 4.78 is 0. The maximum absolute atomic E-state index is 12.0. The third kappa shape index (κ3) is 2.48. The van der Waals surface area contributed by atoms with Crippen LogP contribution in [0.5, 0.6) is 0 Å². The number of non-ortho nitro benzene ring substituents is 1. The molecule has 0 fully saturated rings. The lowest BCUT2D eigenvalue weighted by molar-refractivity contribution is -0.384. The Kier molecular flexibility index (Phi) is 3.86. The number of benzene rings is 1. The molecule has 0 spiro atoms. The molecule has 1 aliphatic heterocycles. The van der Waals surface area contributed by atoms with Crippen molar-refractivity contribution in [3.63, 3.8) is 0 Å². The molecule has 18 heavy (non-hydrogen) atoms. The molecule has 0 bridgehead atoms. The normalized spacial score (nSPS) is 13.5. The summed E-state index contributed by atoms with van der Waals surface area (Å²) in [5, 5.41) is 10.7. The van der Waals surface area contributed by atoms with Crippen LogP contribution in [-0.4, -0.2) is 29.4 Å². The van der Waals surface area contributed by atoms with Crippen LogP contribution in [0.4, 0.5) is 11.4 Å². The minimum absolute atomic E-state index is 0.0401. The summed E-state index contributed by atoms with van der Waals surface area (Å²) in [4.78, 5) is 24.0. The van der Waals surface area contributed by atoms with Crippen LogP contribution in [0.1, 0.15) is 12.0 Å². The van der Waals surface area contributed by atoms with Crippen LogP contribution >= 0.6 is 11.8 Å². The third-order valence-corrected chi connectivity index (χ3v) is 3.61. The van der Waals surface area contributed by atoms with Crippen molar-refractivity contribution in [2.75, 3.05) is 23.5 Å². The summed E-state index contributed by atoms with van der Waals surface area (Å²) in [6.45, 7) is 0.629. The molecule has 1 aromatic carbocycles. The van der Waals surface area contributed by atoms with Crippen LogP contribution in [0.25, 0.3) is 0 Å². The first kappa shape index (κ1) is 12.9. The van der Waals surface area contributed by atoms with Gasteiger partial charge in [0.05, 0.1) is 10.6 Å². The molecule has 0 unspecified atom stereocenters. The van der Waals surface area contributed by atoms with E-state index in [-0.39, 0.29) is 11.6 Å². The number of amides is 1. The fraction of sp³-hybridized carbons (Fsp3) is 0.417. The first-order valence-electron chi connectivity index (χ1n) is 5.70. The predicted molar refractivity (Wildman–Crippen MR) is 72.2 cm³/mol. The zero-order chi connectivity index (χ0) is 13.1. The topological polar surface area (TPSA) is 63.5 Å². The van der Waals surface area contributed by atoms with E-state index in [1.54, 1.807) is 22.7 Å². The average molecular weight is 266 g/mol. The van der Waals surface area contributed by atoms with Gasteiger partial charge in [0.2, 0.25) is 5.91 Å². The summed E-state index contributed by atoms with van der Waals surface area (Å²) in [6.07, 6.45) is 3.21. The number of nitro groups is 1. The van der Waals surface area contributed by atoms with Crippen LogP contribution in [0.2, 0.25) is 0 Å². The molecule has 0 N–H and O–H groups in total. The summed E-state index contributed by atoms with van der Waals surface area (Å²) in [7, 11) is 0. The van der Waals surface area contributed by atoms with Crippen molar-refractivity contribution in [3.8, 4) is 0 Å². The van der Waals surface area contributed by atoms with Gasteiger partial charge in [-0.15, -0.1) is 0 Å². The SMILES string of the molecule is CSCCC(=O)N1CCc2ccc([N+](=O)[O-])cc21. The highest BCUT2D eigenvalue weighted by Crippen LogP contribution is 2.32. The number of carbonyl (C=O) groups is 1. The molecule has 1 aliphatic rings. The molecule has 1 amide bonds. The highest BCUT2D eigenvalue weighted by molar-refractivity contribution is 7.98. The van der Waals surface area contributed by atoms with E-state index in [0.717, 1.165) is 17.7 Å². The molecular weight excluding hydrogens is 252 g/mol. The minimum Gasteiger partial charge on any atom is -0.312 e. The van der Waals surface area contributed by atoms with Crippen LogP contribution in [-0.2, 0) is 11.2 Å². The van der Waals surface area contributed by atoms with E-state index in [4.69, 9.17) is 0 Å². The van der Waals surface area contributed by atoms with Gasteiger partial charge in [-0.1, -0.05) is 6.07 Å². The van der Waals surface area contributed by atoms with E-state index in [1.165, 1.54) is 12.1 Å². The van der Waals surface area contributed by atoms with Gasteiger partial charge in [-0.2, -0.15) is 11.8 Å². The molecule has 96 valence electrons. The summed E-state index contributed by atoms with van der Waals surface area (Å²) in [5.41, 5.74) is 1.76. The van der Waals surface area contributed by atoms with Crippen LogP contribution < -0.4 is 4.90 Å². The molecule has 0 atom stereocenters. The number of nitrogens with zero attached hydrogens (tertiary/aromatic N) is 2. The van der Waals surface area contributed by atoms with Crippen molar-refractivity contribution >= 4 is 29.0 Å². The Hall–Kier alpha value is -1.56. The molecular formula is C12H14N2O3S. The molecule has 5 nitrogen and oxygen atoms in total. The molecule has 1 heterocycles. The van der Waals surface area contributed by atoms with Gasteiger partial charge >= 0.3 is 0 Å². The van der Waals surface area contributed by atoms with Gasteiger partial charge in [0.25, 0.3) is 5.69 Å². The van der Waals surface area contributed by atoms with E-state index in [0.29, 0.717) is 18.7 Å². The van der Waals surface area contributed by atoms with Gasteiger partial charge in [-0.05, 0) is 18.2 Å². The van der Waals surface area contributed by atoms with Crippen molar-refractivity contribution in [2.45, 2.75) is 12.8 Å². The molecule has 2 rings (SSSR count). The van der Waals surface area contributed by atoms with Gasteiger partial charge in [0.1, 0.15) is 0 Å². The monoisotopic (exact) mass is 266 g/mol. The lowest BCUT2D eigenvalue weighted by atomic mass is 10.1. The Morgan fingerprint density at radius 2 is 2.33 bits per heavy atom. The van der Waals surface area contributed by atoms with Gasteiger partial charge < -0.3 is 4.90 Å². The summed E-state index contributed by atoms with van der Waals surface area (Å²) >= 11 is 1.62. The Morgan fingerprint density at radius 1 is 1.56 bits per heavy atom. The van der Waals surface area contributed by atoms with Crippen molar-refractivity contribution in [3.05, 3.63) is 33.9 Å². The zero-order valence-electron chi connectivity index (χ0n) is 10.1. The standard InChI is InChI=1S/C12H14N2O3S/c1-18-7-5-12(15)13-6-4-9-2-3-10(14(16)17)8-11(9)13/h2-3,8H,4-7H2,1H3. The van der Waals surface area contributed by atoms with Crippen LogP contribution in [0.3, 0.4) is 0 Å². The van der Waals surface area contributed by atoms with Gasteiger partial charge in [0, 0.05) is 30.9 Å². The molecule has 0 aromatic heterocycles. The fourth-order valence-corrected chi connectivity index (χ4v) is 2.44. The Balaban J connectivity index is 2.23. The number of thioether (sulfide) groups is 1.